The van der Waals surface area contributed by atoms with Crippen LogP contribution in [0.2, 0.25) is 0 Å². The first-order valence-corrected chi connectivity index (χ1v) is 10.2. The van der Waals surface area contributed by atoms with Gasteiger partial charge in [-0.15, -0.1) is 0 Å². The number of nitrogens with two attached hydrogens (primary N) is 1. The summed E-state index contributed by atoms with van der Waals surface area (Å²) in [7, 11) is 0. The summed E-state index contributed by atoms with van der Waals surface area (Å²) >= 11 is 0. The standard InChI is InChI=1S/C20H23F3N4O3/c1-8-14-12(18(29)25-19(30)27(14)10-2-3-10)16(28)13(21)15(8)26-6-9-4-5-20(22,23)17(24)11(9)7-26/h9-11,17,28H,2-7,24H2,1H3,(H,25,29,30). The first kappa shape index (κ1) is 19.5. The third-order valence-corrected chi connectivity index (χ3v) is 7.02. The van der Waals surface area contributed by atoms with E-state index in [2.05, 4.69) is 4.98 Å². The number of aryl methyl sites for hydroxylation is 1. The lowest BCUT2D eigenvalue weighted by atomic mass is 9.76. The first-order chi connectivity index (χ1) is 14.1. The number of hydrogen-bond donors (Lipinski definition) is 3. The second-order valence-electron chi connectivity index (χ2n) is 8.87. The van der Waals surface area contributed by atoms with Gasteiger partial charge >= 0.3 is 5.69 Å². The molecule has 1 aliphatic heterocycles. The van der Waals surface area contributed by atoms with Crippen LogP contribution in [0.5, 0.6) is 5.75 Å². The molecule has 10 heteroatoms. The van der Waals surface area contributed by atoms with Crippen molar-refractivity contribution in [2.45, 2.75) is 50.6 Å². The third-order valence-electron chi connectivity index (χ3n) is 7.02. The van der Waals surface area contributed by atoms with E-state index in [4.69, 9.17) is 5.73 Å². The summed E-state index contributed by atoms with van der Waals surface area (Å²) in [6.07, 6.45) is 1.47. The summed E-state index contributed by atoms with van der Waals surface area (Å²) in [6.45, 7) is 2.05. The minimum Gasteiger partial charge on any atom is -0.504 e. The van der Waals surface area contributed by atoms with Crippen LogP contribution in [0.1, 0.15) is 37.3 Å². The van der Waals surface area contributed by atoms with Gasteiger partial charge < -0.3 is 15.7 Å². The van der Waals surface area contributed by atoms with Crippen molar-refractivity contribution >= 4 is 16.6 Å². The largest absolute Gasteiger partial charge is 0.504 e. The van der Waals surface area contributed by atoms with Crippen molar-refractivity contribution in [2.75, 3.05) is 18.0 Å². The second-order valence-corrected chi connectivity index (χ2v) is 8.87. The average Bonchev–Trinajstić information content (AvgIpc) is 3.41. The molecule has 0 radical (unpaired) electrons. The molecule has 7 nitrogen and oxygen atoms in total. The van der Waals surface area contributed by atoms with Gasteiger partial charge in [-0.05, 0) is 32.1 Å². The van der Waals surface area contributed by atoms with Gasteiger partial charge in [0.05, 0.1) is 17.2 Å². The van der Waals surface area contributed by atoms with Crippen molar-refractivity contribution in [1.29, 1.82) is 0 Å². The molecule has 0 spiro atoms. The SMILES string of the molecule is Cc1c(N2CC3CCC(F)(F)C(N)C3C2)c(F)c(O)c2c(=O)[nH]c(=O)n(C3CC3)c12. The molecule has 2 heterocycles. The van der Waals surface area contributed by atoms with Crippen LogP contribution in [0.25, 0.3) is 10.9 Å². The van der Waals surface area contributed by atoms with Gasteiger partial charge in [0, 0.05) is 37.0 Å². The number of nitrogens with zero attached hydrogens (tertiary/aromatic N) is 2. The normalized spacial score (nSPS) is 28.2. The van der Waals surface area contributed by atoms with Crippen molar-refractivity contribution in [2.24, 2.45) is 17.6 Å². The number of rotatable bonds is 2. The average molecular weight is 424 g/mol. The molecule has 4 N–H and O–H groups in total. The van der Waals surface area contributed by atoms with Crippen LogP contribution in [0.4, 0.5) is 18.9 Å². The summed E-state index contributed by atoms with van der Waals surface area (Å²) in [5.41, 5.74) is 4.97. The zero-order valence-corrected chi connectivity index (χ0v) is 16.4. The van der Waals surface area contributed by atoms with E-state index in [1.54, 1.807) is 11.8 Å². The summed E-state index contributed by atoms with van der Waals surface area (Å²) in [5, 5.41) is 10.3. The number of nitrogens with one attached hydrogen (secondary N) is 1. The van der Waals surface area contributed by atoms with Crippen molar-refractivity contribution in [3.63, 3.8) is 0 Å². The Morgan fingerprint density at radius 1 is 1.20 bits per heavy atom. The first-order valence-electron chi connectivity index (χ1n) is 10.2. The van der Waals surface area contributed by atoms with E-state index in [0.29, 0.717) is 12.1 Å². The van der Waals surface area contributed by atoms with Crippen molar-refractivity contribution in [3.8, 4) is 5.75 Å². The molecule has 2 saturated carbocycles. The highest BCUT2D eigenvalue weighted by Crippen LogP contribution is 2.47. The molecule has 3 aliphatic rings. The number of alkyl halides is 2. The molecule has 3 unspecified atom stereocenters. The Labute approximate surface area is 169 Å². The fraction of sp³-hybridized carbons (Fsp3) is 0.600. The molecule has 2 aromatic rings. The van der Waals surface area contributed by atoms with E-state index < -0.39 is 40.7 Å². The number of aromatic nitrogens is 2. The van der Waals surface area contributed by atoms with Crippen molar-refractivity contribution in [1.82, 2.24) is 9.55 Å². The molecule has 1 saturated heterocycles. The highest BCUT2D eigenvalue weighted by atomic mass is 19.3. The highest BCUT2D eigenvalue weighted by molar-refractivity contribution is 5.92. The van der Waals surface area contributed by atoms with Gasteiger partial charge in [0.25, 0.3) is 11.5 Å². The van der Waals surface area contributed by atoms with Gasteiger partial charge in [-0.1, -0.05) is 0 Å². The van der Waals surface area contributed by atoms with E-state index in [1.807, 2.05) is 0 Å². The van der Waals surface area contributed by atoms with E-state index in [9.17, 15) is 23.5 Å². The summed E-state index contributed by atoms with van der Waals surface area (Å²) in [6, 6.07) is -1.44. The van der Waals surface area contributed by atoms with Crippen LogP contribution in [-0.4, -0.2) is 39.7 Å². The maximum absolute atomic E-state index is 15.3. The van der Waals surface area contributed by atoms with Gasteiger partial charge in [-0.25, -0.2) is 18.0 Å². The smallest absolute Gasteiger partial charge is 0.329 e. The number of aromatic amines is 1. The van der Waals surface area contributed by atoms with Crippen LogP contribution in [0.15, 0.2) is 9.59 Å². The Kier molecular flexibility index (Phi) is 4.06. The minimum absolute atomic E-state index is 0.0457. The Balaban J connectivity index is 1.69. The van der Waals surface area contributed by atoms with E-state index in [0.717, 1.165) is 12.8 Å². The number of anilines is 1. The number of halogens is 3. The van der Waals surface area contributed by atoms with E-state index in [-0.39, 0.29) is 47.9 Å². The number of aromatic hydroxyl groups is 1. The zero-order valence-electron chi connectivity index (χ0n) is 16.4. The molecule has 0 bridgehead atoms. The second kappa shape index (κ2) is 6.26. The lowest BCUT2D eigenvalue weighted by molar-refractivity contribution is -0.0794. The molecular formula is C20H23F3N4O3. The minimum atomic E-state index is -2.96. The molecule has 2 aliphatic carbocycles. The molecule has 30 heavy (non-hydrogen) atoms. The van der Waals surface area contributed by atoms with Gasteiger partial charge in [0.1, 0.15) is 5.39 Å². The number of fused-ring (bicyclic) bond motifs is 2. The van der Waals surface area contributed by atoms with Crippen LogP contribution in [-0.2, 0) is 0 Å². The molecule has 1 aromatic carbocycles. The quantitative estimate of drug-likeness (QED) is 0.684. The predicted molar refractivity (Wildman–Crippen MR) is 105 cm³/mol. The topological polar surface area (TPSA) is 104 Å². The molecule has 3 fully saturated rings. The number of H-pyrrole nitrogens is 1. The summed E-state index contributed by atoms with van der Waals surface area (Å²) in [4.78, 5) is 28.6. The maximum Gasteiger partial charge on any atom is 0.329 e. The number of phenolic OH excluding ortho intramolecular Hbond substituents is 1. The van der Waals surface area contributed by atoms with Crippen LogP contribution in [0.3, 0.4) is 0 Å². The van der Waals surface area contributed by atoms with Gasteiger partial charge in [0.2, 0.25) is 0 Å². The van der Waals surface area contributed by atoms with Crippen molar-refractivity contribution < 1.29 is 18.3 Å². The monoisotopic (exact) mass is 424 g/mol. The molecule has 0 amide bonds. The third kappa shape index (κ3) is 2.62. The fourth-order valence-electron chi connectivity index (χ4n) is 5.34. The van der Waals surface area contributed by atoms with Crippen LogP contribution < -0.4 is 21.9 Å². The highest BCUT2D eigenvalue weighted by Gasteiger charge is 2.52. The Hall–Kier alpha value is -2.49. The summed E-state index contributed by atoms with van der Waals surface area (Å²) < 4.78 is 44.9. The number of phenols is 1. The number of benzene rings is 1. The van der Waals surface area contributed by atoms with Gasteiger partial charge in [-0.2, -0.15) is 0 Å². The van der Waals surface area contributed by atoms with Gasteiger partial charge in [-0.3, -0.25) is 14.3 Å². The zero-order chi connectivity index (χ0) is 21.5. The fourth-order valence-corrected chi connectivity index (χ4v) is 5.34. The molecule has 1 aromatic heterocycles. The predicted octanol–water partition coefficient (Wildman–Crippen LogP) is 1.99. The van der Waals surface area contributed by atoms with E-state index >= 15 is 4.39 Å². The van der Waals surface area contributed by atoms with E-state index in [1.165, 1.54) is 4.57 Å². The molecular weight excluding hydrogens is 401 g/mol. The van der Waals surface area contributed by atoms with Crippen molar-refractivity contribution in [3.05, 3.63) is 32.2 Å². The number of hydrogen-bond acceptors (Lipinski definition) is 5. The van der Waals surface area contributed by atoms with Crippen LogP contribution >= 0.6 is 0 Å². The lowest BCUT2D eigenvalue weighted by Crippen LogP contribution is -2.52. The summed E-state index contributed by atoms with van der Waals surface area (Å²) in [5.74, 6) is -5.39. The maximum atomic E-state index is 15.3. The lowest BCUT2D eigenvalue weighted by Gasteiger charge is -2.36. The van der Waals surface area contributed by atoms with Gasteiger partial charge in [0.15, 0.2) is 11.6 Å². The Morgan fingerprint density at radius 3 is 2.57 bits per heavy atom. The Morgan fingerprint density at radius 2 is 1.90 bits per heavy atom. The Bertz CT molecular complexity index is 1170. The molecule has 162 valence electrons. The molecule has 5 rings (SSSR count). The molecule has 3 atom stereocenters. The van der Waals surface area contributed by atoms with Crippen LogP contribution in [0, 0.1) is 24.6 Å².